The molecule has 0 radical (unpaired) electrons. The molecule has 118 valence electrons. The average molecular weight is 301 g/mol. The number of nitrogens with one attached hydrogen (secondary N) is 1. The third-order valence-corrected chi connectivity index (χ3v) is 4.51. The summed E-state index contributed by atoms with van der Waals surface area (Å²) < 4.78 is 0. The van der Waals surface area contributed by atoms with E-state index in [4.69, 9.17) is 5.73 Å². The number of nitrogens with two attached hydrogens (primary N) is 1. The number of piperidine rings is 1. The molecule has 1 aromatic rings. The van der Waals surface area contributed by atoms with Gasteiger partial charge in [0.15, 0.2) is 0 Å². The van der Waals surface area contributed by atoms with Crippen LogP contribution in [0.3, 0.4) is 0 Å². The van der Waals surface area contributed by atoms with Crippen LogP contribution in [0.4, 0.5) is 5.69 Å². The van der Waals surface area contributed by atoms with Gasteiger partial charge in [0, 0.05) is 36.3 Å². The van der Waals surface area contributed by atoms with Crippen molar-refractivity contribution in [3.8, 4) is 0 Å². The Morgan fingerprint density at radius 1 is 1.14 bits per heavy atom. The Morgan fingerprint density at radius 3 is 2.50 bits per heavy atom. The highest BCUT2D eigenvalue weighted by atomic mass is 16.2. The standard InChI is InChI=1S/C17H23N3O2/c18-11-15-3-1-2-10-20(15)17(22)13-6-8-14(9-7-13)19-16(21)12-4-5-12/h6-9,12,15H,1-5,10-11,18H2,(H,19,21). The van der Waals surface area contributed by atoms with Gasteiger partial charge in [-0.1, -0.05) is 0 Å². The summed E-state index contributed by atoms with van der Waals surface area (Å²) in [7, 11) is 0. The molecule has 1 saturated heterocycles. The molecule has 3 rings (SSSR count). The van der Waals surface area contributed by atoms with E-state index >= 15 is 0 Å². The first kappa shape index (κ1) is 15.0. The van der Waals surface area contributed by atoms with Gasteiger partial charge in [0.2, 0.25) is 5.91 Å². The lowest BCUT2D eigenvalue weighted by Gasteiger charge is -2.35. The summed E-state index contributed by atoms with van der Waals surface area (Å²) in [6, 6.07) is 7.32. The van der Waals surface area contributed by atoms with Crippen molar-refractivity contribution in [2.75, 3.05) is 18.4 Å². The lowest BCUT2D eigenvalue weighted by Crippen LogP contribution is -2.47. The van der Waals surface area contributed by atoms with Crippen LogP contribution in [0, 0.1) is 5.92 Å². The van der Waals surface area contributed by atoms with E-state index in [9.17, 15) is 9.59 Å². The molecule has 0 aromatic heterocycles. The van der Waals surface area contributed by atoms with E-state index < -0.39 is 0 Å². The lowest BCUT2D eigenvalue weighted by atomic mass is 10.0. The summed E-state index contributed by atoms with van der Waals surface area (Å²) in [5.41, 5.74) is 7.19. The number of rotatable bonds is 4. The first-order valence-corrected chi connectivity index (χ1v) is 8.11. The Morgan fingerprint density at radius 2 is 1.86 bits per heavy atom. The topological polar surface area (TPSA) is 75.4 Å². The molecule has 0 spiro atoms. The summed E-state index contributed by atoms with van der Waals surface area (Å²) in [5.74, 6) is 0.300. The number of carbonyl (C=O) groups is 2. The maximum atomic E-state index is 12.6. The second kappa shape index (κ2) is 6.48. The van der Waals surface area contributed by atoms with Crippen LogP contribution in [0.25, 0.3) is 0 Å². The predicted octanol–water partition coefficient (Wildman–Crippen LogP) is 1.99. The summed E-state index contributed by atoms with van der Waals surface area (Å²) in [4.78, 5) is 26.2. The Balaban J connectivity index is 1.66. The Hall–Kier alpha value is -1.88. The molecule has 5 heteroatoms. The van der Waals surface area contributed by atoms with Crippen LogP contribution in [0.15, 0.2) is 24.3 Å². The van der Waals surface area contributed by atoms with Gasteiger partial charge < -0.3 is 16.0 Å². The fraction of sp³-hybridized carbons (Fsp3) is 0.529. The Labute approximate surface area is 130 Å². The Bertz CT molecular complexity index is 552. The van der Waals surface area contributed by atoms with Crippen LogP contribution in [-0.4, -0.2) is 35.8 Å². The lowest BCUT2D eigenvalue weighted by molar-refractivity contribution is -0.117. The molecule has 22 heavy (non-hydrogen) atoms. The zero-order valence-electron chi connectivity index (χ0n) is 12.8. The molecular formula is C17H23N3O2. The van der Waals surface area contributed by atoms with Gasteiger partial charge in [-0.3, -0.25) is 9.59 Å². The van der Waals surface area contributed by atoms with Crippen molar-refractivity contribution in [2.45, 2.75) is 38.1 Å². The van der Waals surface area contributed by atoms with Crippen LogP contribution < -0.4 is 11.1 Å². The largest absolute Gasteiger partial charge is 0.334 e. The smallest absolute Gasteiger partial charge is 0.254 e. The highest BCUT2D eigenvalue weighted by Crippen LogP contribution is 2.30. The van der Waals surface area contributed by atoms with E-state index in [-0.39, 0.29) is 23.8 Å². The average Bonchev–Trinajstić information content (AvgIpc) is 3.40. The molecule has 1 heterocycles. The van der Waals surface area contributed by atoms with E-state index in [1.807, 2.05) is 4.90 Å². The van der Waals surface area contributed by atoms with Gasteiger partial charge in [-0.05, 0) is 56.4 Å². The number of hydrogen-bond donors (Lipinski definition) is 2. The van der Waals surface area contributed by atoms with Crippen molar-refractivity contribution in [1.29, 1.82) is 0 Å². The molecule has 1 aliphatic carbocycles. The molecule has 2 aliphatic rings. The molecule has 1 aromatic carbocycles. The molecule has 5 nitrogen and oxygen atoms in total. The minimum atomic E-state index is 0.0372. The molecule has 0 bridgehead atoms. The SMILES string of the molecule is NCC1CCCCN1C(=O)c1ccc(NC(=O)C2CC2)cc1. The molecular weight excluding hydrogens is 278 g/mol. The van der Waals surface area contributed by atoms with Crippen molar-refractivity contribution < 1.29 is 9.59 Å². The molecule has 1 atom stereocenters. The summed E-state index contributed by atoms with van der Waals surface area (Å²) in [6.45, 7) is 1.29. The first-order valence-electron chi connectivity index (χ1n) is 8.11. The molecule has 1 aliphatic heterocycles. The number of benzene rings is 1. The minimum Gasteiger partial charge on any atom is -0.334 e. The molecule has 1 saturated carbocycles. The molecule has 3 N–H and O–H groups in total. The minimum absolute atomic E-state index is 0.0372. The van der Waals surface area contributed by atoms with Crippen molar-refractivity contribution in [3.63, 3.8) is 0 Å². The second-order valence-electron chi connectivity index (χ2n) is 6.22. The van der Waals surface area contributed by atoms with Crippen LogP contribution in [0.2, 0.25) is 0 Å². The van der Waals surface area contributed by atoms with Crippen molar-refractivity contribution in [3.05, 3.63) is 29.8 Å². The van der Waals surface area contributed by atoms with E-state index in [1.165, 1.54) is 0 Å². The van der Waals surface area contributed by atoms with Gasteiger partial charge >= 0.3 is 0 Å². The fourth-order valence-electron chi connectivity index (χ4n) is 2.96. The van der Waals surface area contributed by atoms with Crippen molar-refractivity contribution >= 4 is 17.5 Å². The Kier molecular flexibility index (Phi) is 4.43. The highest BCUT2D eigenvalue weighted by molar-refractivity contribution is 5.97. The third-order valence-electron chi connectivity index (χ3n) is 4.51. The van der Waals surface area contributed by atoms with E-state index in [0.717, 1.165) is 44.3 Å². The van der Waals surface area contributed by atoms with Crippen LogP contribution in [-0.2, 0) is 4.79 Å². The van der Waals surface area contributed by atoms with Crippen LogP contribution >= 0.6 is 0 Å². The zero-order chi connectivity index (χ0) is 15.5. The highest BCUT2D eigenvalue weighted by Gasteiger charge is 2.30. The summed E-state index contributed by atoms with van der Waals surface area (Å²) >= 11 is 0. The maximum absolute atomic E-state index is 12.6. The zero-order valence-corrected chi connectivity index (χ0v) is 12.8. The quantitative estimate of drug-likeness (QED) is 0.893. The number of likely N-dealkylation sites (tertiary alicyclic amines) is 1. The number of amides is 2. The number of anilines is 1. The van der Waals surface area contributed by atoms with Crippen LogP contribution in [0.5, 0.6) is 0 Å². The maximum Gasteiger partial charge on any atom is 0.254 e. The van der Waals surface area contributed by atoms with Crippen LogP contribution in [0.1, 0.15) is 42.5 Å². The number of carbonyl (C=O) groups excluding carboxylic acids is 2. The van der Waals surface area contributed by atoms with Gasteiger partial charge in [0.1, 0.15) is 0 Å². The third kappa shape index (κ3) is 3.30. The van der Waals surface area contributed by atoms with E-state index in [1.54, 1.807) is 24.3 Å². The predicted molar refractivity (Wildman–Crippen MR) is 85.5 cm³/mol. The van der Waals surface area contributed by atoms with E-state index in [2.05, 4.69) is 5.32 Å². The summed E-state index contributed by atoms with van der Waals surface area (Å²) in [5, 5.41) is 2.89. The van der Waals surface area contributed by atoms with Gasteiger partial charge in [-0.15, -0.1) is 0 Å². The number of nitrogens with zero attached hydrogens (tertiary/aromatic N) is 1. The first-order chi connectivity index (χ1) is 10.7. The van der Waals surface area contributed by atoms with Gasteiger partial charge in [0.05, 0.1) is 0 Å². The normalized spacial score (nSPS) is 21.5. The van der Waals surface area contributed by atoms with Gasteiger partial charge in [-0.25, -0.2) is 0 Å². The van der Waals surface area contributed by atoms with Crippen molar-refractivity contribution in [2.24, 2.45) is 11.7 Å². The second-order valence-corrected chi connectivity index (χ2v) is 6.22. The van der Waals surface area contributed by atoms with E-state index in [0.29, 0.717) is 12.1 Å². The van der Waals surface area contributed by atoms with Gasteiger partial charge in [-0.2, -0.15) is 0 Å². The molecule has 1 unspecified atom stereocenters. The number of hydrogen-bond acceptors (Lipinski definition) is 3. The fourth-order valence-corrected chi connectivity index (χ4v) is 2.96. The van der Waals surface area contributed by atoms with Gasteiger partial charge in [0.25, 0.3) is 5.91 Å². The molecule has 2 amide bonds. The summed E-state index contributed by atoms with van der Waals surface area (Å²) in [6.07, 6.45) is 5.13. The molecule has 2 fully saturated rings. The van der Waals surface area contributed by atoms with Crippen molar-refractivity contribution in [1.82, 2.24) is 4.90 Å². The monoisotopic (exact) mass is 301 g/mol.